The topological polar surface area (TPSA) is 330 Å². The van der Waals surface area contributed by atoms with Gasteiger partial charge in [-0.3, -0.25) is 0 Å². The number of carbonyl (C=O) groups is 3. The van der Waals surface area contributed by atoms with Crippen LogP contribution in [0.2, 0.25) is 0 Å². The van der Waals surface area contributed by atoms with Gasteiger partial charge in [0.05, 0.1) is 19.8 Å². The normalized spacial score (nSPS) is 25.1. The van der Waals surface area contributed by atoms with E-state index >= 15 is 0 Å². The van der Waals surface area contributed by atoms with Crippen molar-refractivity contribution < 1.29 is 107 Å². The number of hydrogen-bond donors (Lipinski definition) is 9. The minimum absolute atomic E-state index is 0. The SMILES string of the molecule is O=C1O[C@H]([C@@H](O)CO)C(O)=C1[O-].O=C1O[C@H]([C@@H](O)CO)C(O)=C1[O-].O=C1O[C@H]([C@@H](O)CO)C(O)=C1[O-].[Fe+3]. The van der Waals surface area contributed by atoms with Gasteiger partial charge >= 0.3 is 35.0 Å². The molecule has 1 radical (unpaired) electrons. The fourth-order valence-electron chi connectivity index (χ4n) is 2.44. The molecule has 0 fully saturated rings. The predicted molar refractivity (Wildman–Crippen MR) is 97.9 cm³/mol. The number of aliphatic hydroxyl groups excluding tert-OH is 9. The summed E-state index contributed by atoms with van der Waals surface area (Å²) < 4.78 is 12.8. The first-order valence-corrected chi connectivity index (χ1v) is 9.53. The van der Waals surface area contributed by atoms with Crippen LogP contribution in [-0.2, 0) is 45.7 Å². The van der Waals surface area contributed by atoms with Crippen LogP contribution >= 0.6 is 0 Å². The monoisotopic (exact) mass is 581 g/mol. The third kappa shape index (κ3) is 7.84. The largest absolute Gasteiger partial charge is 3.00 e. The van der Waals surface area contributed by atoms with Crippen molar-refractivity contribution in [2.24, 2.45) is 0 Å². The summed E-state index contributed by atoms with van der Waals surface area (Å²) in [6.07, 6.45) is -8.64. The van der Waals surface area contributed by atoms with Gasteiger partial charge in [-0.1, -0.05) is 0 Å². The number of ether oxygens (including phenoxy) is 3. The molecule has 0 bridgehead atoms. The summed E-state index contributed by atoms with van der Waals surface area (Å²) in [6, 6.07) is 0. The van der Waals surface area contributed by atoms with Gasteiger partial charge in [0, 0.05) is 17.3 Å². The van der Waals surface area contributed by atoms with E-state index in [0.717, 1.165) is 0 Å². The van der Waals surface area contributed by atoms with Crippen molar-refractivity contribution in [1.82, 2.24) is 0 Å². The summed E-state index contributed by atoms with van der Waals surface area (Å²) in [5, 5.41) is 110. The molecular weight excluding hydrogens is 560 g/mol. The van der Waals surface area contributed by atoms with Crippen molar-refractivity contribution in [2.75, 3.05) is 19.8 Å². The molecule has 0 unspecified atom stereocenters. The Balaban J connectivity index is 0.000000518. The quantitative estimate of drug-likeness (QED) is 0.0798. The first-order valence-electron chi connectivity index (χ1n) is 9.53. The number of cyclic esters (lactones) is 3. The summed E-state index contributed by atoms with van der Waals surface area (Å²) in [7, 11) is 0. The molecule has 3 rings (SSSR count). The molecule has 0 spiro atoms. The Morgan fingerprint density at radius 1 is 0.568 bits per heavy atom. The third-order valence-corrected chi connectivity index (χ3v) is 4.37. The van der Waals surface area contributed by atoms with Gasteiger partial charge < -0.3 is 75.5 Å². The molecule has 9 N–H and O–H groups in total. The molecule has 0 saturated carbocycles. The molecule has 0 aromatic carbocycles. The minimum Gasteiger partial charge on any atom is -0.865 e. The summed E-state index contributed by atoms with van der Waals surface area (Å²) in [5.41, 5.74) is 0. The minimum atomic E-state index is -1.46. The molecule has 0 aliphatic carbocycles. The zero-order valence-corrected chi connectivity index (χ0v) is 19.2. The molecule has 0 aromatic rings. The Labute approximate surface area is 216 Å². The van der Waals surface area contributed by atoms with E-state index in [1.807, 2.05) is 0 Å². The maximum Gasteiger partial charge on any atom is 3.00 e. The Morgan fingerprint density at radius 3 is 0.865 bits per heavy atom. The Bertz CT molecular complexity index is 822. The van der Waals surface area contributed by atoms with E-state index < -0.39 is 109 Å². The van der Waals surface area contributed by atoms with Gasteiger partial charge in [-0.15, -0.1) is 0 Å². The number of hydrogen-bond acceptors (Lipinski definition) is 18. The molecule has 0 amide bonds. The van der Waals surface area contributed by atoms with Crippen molar-refractivity contribution in [2.45, 2.75) is 36.6 Å². The van der Waals surface area contributed by atoms with E-state index in [9.17, 15) is 29.7 Å². The standard InChI is InChI=1S/3C6H8O6.Fe/c3*7-1-2(8)5-3(9)4(10)6(11)12-5;/h3*2,5,7-10H,1H2;/q;;;+3/p-3/t3*2-,5+;/m000./s1. The Kier molecular flexibility index (Phi) is 13.2. The van der Waals surface area contributed by atoms with Crippen LogP contribution in [0.4, 0.5) is 0 Å². The van der Waals surface area contributed by atoms with E-state index in [4.69, 9.17) is 46.0 Å². The number of rotatable bonds is 6. The van der Waals surface area contributed by atoms with Crippen LogP contribution in [0, 0.1) is 0 Å². The van der Waals surface area contributed by atoms with Gasteiger partial charge in [-0.25, -0.2) is 14.4 Å². The van der Waals surface area contributed by atoms with Crippen LogP contribution in [0.15, 0.2) is 34.6 Å². The average Bonchev–Trinajstić information content (AvgIpc) is 3.40. The number of esters is 3. The Hall–Kier alpha value is -3.29. The molecule has 3 aliphatic rings. The maximum absolute atomic E-state index is 10.6. The van der Waals surface area contributed by atoms with Gasteiger partial charge in [0.1, 0.15) is 35.6 Å². The maximum atomic E-state index is 10.6. The fraction of sp³-hybridized carbons (Fsp3) is 0.500. The zero-order valence-electron chi connectivity index (χ0n) is 18.1. The second kappa shape index (κ2) is 14.4. The molecular formula is C18H21FeO18. The van der Waals surface area contributed by atoms with Gasteiger partial charge in [0.2, 0.25) is 0 Å². The van der Waals surface area contributed by atoms with Crippen molar-refractivity contribution in [3.05, 3.63) is 34.6 Å². The van der Waals surface area contributed by atoms with E-state index in [-0.39, 0.29) is 17.1 Å². The molecule has 37 heavy (non-hydrogen) atoms. The molecule has 0 saturated heterocycles. The van der Waals surface area contributed by atoms with Gasteiger partial charge in [0.15, 0.2) is 18.3 Å². The van der Waals surface area contributed by atoms with Crippen LogP contribution in [0.5, 0.6) is 0 Å². The zero-order chi connectivity index (χ0) is 27.9. The van der Waals surface area contributed by atoms with E-state index in [1.165, 1.54) is 0 Å². The number of carbonyl (C=O) groups excluding carboxylic acids is 3. The summed E-state index contributed by atoms with van der Waals surface area (Å²) in [6.45, 7) is -2.10. The fourth-order valence-corrected chi connectivity index (χ4v) is 2.44. The molecule has 6 atom stereocenters. The van der Waals surface area contributed by atoms with Crippen LogP contribution in [0.1, 0.15) is 0 Å². The van der Waals surface area contributed by atoms with Crippen LogP contribution in [-0.4, -0.2) is 120 Å². The molecule has 18 nitrogen and oxygen atoms in total. The van der Waals surface area contributed by atoms with Crippen molar-refractivity contribution in [3.8, 4) is 0 Å². The smallest absolute Gasteiger partial charge is 0.865 e. The summed E-state index contributed by atoms with van der Waals surface area (Å²) in [5.74, 6) is -9.75. The first kappa shape index (κ1) is 33.7. The van der Waals surface area contributed by atoms with Gasteiger partial charge in [0.25, 0.3) is 0 Å². The van der Waals surface area contributed by atoms with E-state index in [0.29, 0.717) is 0 Å². The molecule has 0 aromatic heterocycles. The summed E-state index contributed by atoms with van der Waals surface area (Å²) >= 11 is 0. The molecule has 3 heterocycles. The number of aliphatic hydroxyl groups is 9. The van der Waals surface area contributed by atoms with Crippen molar-refractivity contribution in [3.63, 3.8) is 0 Å². The van der Waals surface area contributed by atoms with Gasteiger partial charge in [-0.05, 0) is 0 Å². The molecule has 19 heteroatoms. The van der Waals surface area contributed by atoms with Crippen LogP contribution in [0.3, 0.4) is 0 Å². The van der Waals surface area contributed by atoms with Crippen LogP contribution < -0.4 is 15.3 Å². The third-order valence-electron chi connectivity index (χ3n) is 4.37. The summed E-state index contributed by atoms with van der Waals surface area (Å²) in [4.78, 5) is 31.4. The van der Waals surface area contributed by atoms with E-state index in [1.54, 1.807) is 0 Å². The van der Waals surface area contributed by atoms with Crippen LogP contribution in [0.25, 0.3) is 0 Å². The first-order chi connectivity index (χ1) is 16.7. The Morgan fingerprint density at radius 2 is 0.757 bits per heavy atom. The van der Waals surface area contributed by atoms with Gasteiger partial charge in [-0.2, -0.15) is 0 Å². The van der Waals surface area contributed by atoms with Crippen molar-refractivity contribution in [1.29, 1.82) is 0 Å². The predicted octanol–water partition coefficient (Wildman–Crippen LogP) is -7.82. The second-order valence-corrected chi connectivity index (χ2v) is 6.87. The molecule has 209 valence electrons. The molecule has 3 aliphatic heterocycles. The average molecular weight is 581 g/mol. The van der Waals surface area contributed by atoms with Crippen molar-refractivity contribution >= 4 is 17.9 Å². The second-order valence-electron chi connectivity index (χ2n) is 6.87. The van der Waals surface area contributed by atoms with E-state index in [2.05, 4.69) is 14.2 Å².